The van der Waals surface area contributed by atoms with Crippen LogP contribution in [0.1, 0.15) is 68.2 Å². The quantitative estimate of drug-likeness (QED) is 0.734. The minimum atomic E-state index is -0.290. The highest BCUT2D eigenvalue weighted by molar-refractivity contribution is 5.86. The van der Waals surface area contributed by atoms with Gasteiger partial charge in [-0.1, -0.05) is 55.4 Å². The van der Waals surface area contributed by atoms with E-state index >= 15 is 0 Å². The number of carbonyl (C=O) groups excluding carboxylic acids is 2. The van der Waals surface area contributed by atoms with Crippen molar-refractivity contribution in [1.82, 2.24) is 0 Å². The van der Waals surface area contributed by atoms with Gasteiger partial charge in [0.25, 0.3) is 0 Å². The summed E-state index contributed by atoms with van der Waals surface area (Å²) in [5.41, 5.74) is -0.557. The van der Waals surface area contributed by atoms with Gasteiger partial charge in [0, 0.05) is 23.2 Å². The largest absolute Gasteiger partial charge is 0.299 e. The normalized spacial score (nSPS) is 16.2. The van der Waals surface area contributed by atoms with E-state index in [-0.39, 0.29) is 28.4 Å². The van der Waals surface area contributed by atoms with Gasteiger partial charge >= 0.3 is 0 Å². The molecule has 18 heavy (non-hydrogen) atoms. The van der Waals surface area contributed by atoms with Gasteiger partial charge in [0.1, 0.15) is 11.6 Å². The lowest BCUT2D eigenvalue weighted by atomic mass is 9.76. The molecular weight excluding hydrogens is 224 g/mol. The fraction of sp³-hybridized carbons (Fsp3) is 0.875. The van der Waals surface area contributed by atoms with Crippen molar-refractivity contribution < 1.29 is 9.59 Å². The Morgan fingerprint density at radius 2 is 1.33 bits per heavy atom. The van der Waals surface area contributed by atoms with Crippen LogP contribution in [0.25, 0.3) is 0 Å². The van der Waals surface area contributed by atoms with Crippen LogP contribution in [-0.4, -0.2) is 11.6 Å². The second kappa shape index (κ2) is 5.99. The van der Waals surface area contributed by atoms with E-state index in [1.54, 1.807) is 0 Å². The average molecular weight is 254 g/mol. The van der Waals surface area contributed by atoms with Gasteiger partial charge in [0.05, 0.1) is 0 Å². The maximum Gasteiger partial charge on any atom is 0.141 e. The molecule has 0 aliphatic rings. The van der Waals surface area contributed by atoms with Crippen LogP contribution in [0.3, 0.4) is 0 Å². The van der Waals surface area contributed by atoms with E-state index in [0.717, 1.165) is 6.42 Å². The Morgan fingerprint density at radius 3 is 1.67 bits per heavy atom. The molecule has 0 N–H and O–H groups in total. The molecule has 0 saturated heterocycles. The molecule has 0 spiro atoms. The SMILES string of the molecule is CC(CCC(=O)C(C)(C)C)C(C)C(=O)C(C)(C)C. The van der Waals surface area contributed by atoms with Gasteiger partial charge in [-0.25, -0.2) is 0 Å². The number of Topliss-reactive ketones (excluding diaryl/α,β-unsaturated/α-hetero) is 2. The van der Waals surface area contributed by atoms with E-state index in [2.05, 4.69) is 6.92 Å². The molecule has 0 aromatic heterocycles. The Balaban J connectivity index is 4.39. The van der Waals surface area contributed by atoms with E-state index in [0.29, 0.717) is 12.2 Å². The Hall–Kier alpha value is -0.660. The molecule has 2 unspecified atom stereocenters. The lowest BCUT2D eigenvalue weighted by Crippen LogP contribution is -2.31. The van der Waals surface area contributed by atoms with Crippen molar-refractivity contribution in [2.24, 2.45) is 22.7 Å². The first kappa shape index (κ1) is 17.3. The van der Waals surface area contributed by atoms with E-state index in [9.17, 15) is 9.59 Å². The van der Waals surface area contributed by atoms with Crippen molar-refractivity contribution >= 4 is 11.6 Å². The number of rotatable bonds is 5. The molecule has 0 amide bonds. The highest BCUT2D eigenvalue weighted by Crippen LogP contribution is 2.28. The zero-order chi connectivity index (χ0) is 14.7. The predicted molar refractivity (Wildman–Crippen MR) is 76.5 cm³/mol. The van der Waals surface area contributed by atoms with Gasteiger partial charge in [-0.05, 0) is 12.3 Å². The standard InChI is InChI=1S/C16H30O2/c1-11(9-10-13(17)15(3,4)5)12(2)14(18)16(6,7)8/h11-12H,9-10H2,1-8H3. The minimum Gasteiger partial charge on any atom is -0.299 e. The van der Waals surface area contributed by atoms with E-state index in [4.69, 9.17) is 0 Å². The van der Waals surface area contributed by atoms with E-state index in [1.807, 2.05) is 48.5 Å². The highest BCUT2D eigenvalue weighted by Gasteiger charge is 2.30. The van der Waals surface area contributed by atoms with Crippen molar-refractivity contribution in [1.29, 1.82) is 0 Å². The summed E-state index contributed by atoms with van der Waals surface area (Å²) in [7, 11) is 0. The number of hydrogen-bond donors (Lipinski definition) is 0. The van der Waals surface area contributed by atoms with Crippen LogP contribution in [0.15, 0.2) is 0 Å². The topological polar surface area (TPSA) is 34.1 Å². The maximum absolute atomic E-state index is 12.2. The molecule has 0 fully saturated rings. The van der Waals surface area contributed by atoms with Crippen molar-refractivity contribution in [3.63, 3.8) is 0 Å². The fourth-order valence-corrected chi connectivity index (χ4v) is 1.93. The smallest absolute Gasteiger partial charge is 0.141 e. The van der Waals surface area contributed by atoms with Crippen LogP contribution in [0, 0.1) is 22.7 Å². The molecule has 2 atom stereocenters. The first-order chi connectivity index (χ1) is 7.87. The Bertz CT molecular complexity index is 302. The first-order valence-electron chi connectivity index (χ1n) is 6.95. The van der Waals surface area contributed by atoms with Crippen LogP contribution < -0.4 is 0 Å². The number of carbonyl (C=O) groups is 2. The molecule has 0 aromatic rings. The summed E-state index contributed by atoms with van der Waals surface area (Å²) in [5, 5.41) is 0. The average Bonchev–Trinajstić information content (AvgIpc) is 2.20. The summed E-state index contributed by atoms with van der Waals surface area (Å²) in [6.45, 7) is 15.8. The Kier molecular flexibility index (Phi) is 5.77. The second-order valence-corrected chi connectivity index (χ2v) is 7.59. The lowest BCUT2D eigenvalue weighted by molar-refractivity contribution is -0.132. The van der Waals surface area contributed by atoms with Gasteiger partial charge < -0.3 is 0 Å². The summed E-state index contributed by atoms with van der Waals surface area (Å²) in [5.74, 6) is 0.865. The van der Waals surface area contributed by atoms with Crippen molar-refractivity contribution in [3.05, 3.63) is 0 Å². The molecular formula is C16H30O2. The van der Waals surface area contributed by atoms with Crippen LogP contribution in [0.2, 0.25) is 0 Å². The third kappa shape index (κ3) is 5.32. The highest BCUT2D eigenvalue weighted by atomic mass is 16.1. The van der Waals surface area contributed by atoms with Gasteiger partial charge in [-0.3, -0.25) is 9.59 Å². The molecule has 0 aliphatic carbocycles. The van der Waals surface area contributed by atoms with Gasteiger partial charge in [-0.15, -0.1) is 0 Å². The summed E-state index contributed by atoms with van der Waals surface area (Å²) in [6.07, 6.45) is 1.38. The molecule has 2 nitrogen and oxygen atoms in total. The Labute approximate surface area is 113 Å². The van der Waals surface area contributed by atoms with Crippen LogP contribution in [-0.2, 0) is 9.59 Å². The molecule has 0 rings (SSSR count). The third-order valence-electron chi connectivity index (χ3n) is 3.67. The molecule has 0 saturated carbocycles. The first-order valence-corrected chi connectivity index (χ1v) is 6.95. The van der Waals surface area contributed by atoms with E-state index in [1.165, 1.54) is 0 Å². The predicted octanol–water partition coefficient (Wildman–Crippen LogP) is 4.27. The zero-order valence-electron chi connectivity index (χ0n) is 13.4. The monoisotopic (exact) mass is 254 g/mol. The van der Waals surface area contributed by atoms with Crippen molar-refractivity contribution in [2.45, 2.75) is 68.2 Å². The van der Waals surface area contributed by atoms with Crippen LogP contribution >= 0.6 is 0 Å². The summed E-state index contributed by atoms with van der Waals surface area (Å²) in [6, 6.07) is 0. The molecule has 106 valence electrons. The molecule has 0 aliphatic heterocycles. The fourth-order valence-electron chi connectivity index (χ4n) is 1.93. The number of ketones is 2. The Morgan fingerprint density at radius 1 is 0.889 bits per heavy atom. The summed E-state index contributed by atoms with van der Waals surface area (Å²) >= 11 is 0. The third-order valence-corrected chi connectivity index (χ3v) is 3.67. The number of hydrogen-bond acceptors (Lipinski definition) is 2. The van der Waals surface area contributed by atoms with Crippen LogP contribution in [0.4, 0.5) is 0 Å². The van der Waals surface area contributed by atoms with Crippen molar-refractivity contribution in [3.8, 4) is 0 Å². The molecule has 0 bridgehead atoms. The van der Waals surface area contributed by atoms with Gasteiger partial charge in [0.2, 0.25) is 0 Å². The van der Waals surface area contributed by atoms with Gasteiger partial charge in [0.15, 0.2) is 0 Å². The molecule has 2 heteroatoms. The maximum atomic E-state index is 12.2. The minimum absolute atomic E-state index is 0.0257. The summed E-state index contributed by atoms with van der Waals surface area (Å²) in [4.78, 5) is 24.0. The van der Waals surface area contributed by atoms with Crippen LogP contribution in [0.5, 0.6) is 0 Å². The van der Waals surface area contributed by atoms with Crippen molar-refractivity contribution in [2.75, 3.05) is 0 Å². The van der Waals surface area contributed by atoms with E-state index < -0.39 is 0 Å². The lowest BCUT2D eigenvalue weighted by Gasteiger charge is -2.27. The molecule has 0 aromatic carbocycles. The molecule has 0 heterocycles. The molecule has 0 radical (unpaired) electrons. The second-order valence-electron chi connectivity index (χ2n) is 7.59. The van der Waals surface area contributed by atoms with Gasteiger partial charge in [-0.2, -0.15) is 0 Å². The zero-order valence-corrected chi connectivity index (χ0v) is 13.4. The summed E-state index contributed by atoms with van der Waals surface area (Å²) < 4.78 is 0.